The minimum absolute atomic E-state index is 0.0833. The van der Waals surface area contributed by atoms with Gasteiger partial charge in [0.1, 0.15) is 29.8 Å². The monoisotopic (exact) mass is 282 g/mol. The topological polar surface area (TPSA) is 29.5 Å². The van der Waals surface area contributed by atoms with Crippen molar-refractivity contribution in [2.75, 3.05) is 0 Å². The molecule has 0 heterocycles. The first kappa shape index (κ1) is 14.4. The molecule has 0 aliphatic rings. The fourth-order valence-electron chi connectivity index (χ4n) is 1.83. The number of benzene rings is 2. The Kier molecular flexibility index (Phi) is 4.29. The van der Waals surface area contributed by atoms with Crippen LogP contribution in [0.2, 0.25) is 0 Å². The van der Waals surface area contributed by atoms with Gasteiger partial charge < -0.3 is 9.84 Å². The zero-order valence-corrected chi connectivity index (χ0v) is 10.7. The van der Waals surface area contributed by atoms with Crippen LogP contribution >= 0.6 is 0 Å². The van der Waals surface area contributed by atoms with Crippen molar-refractivity contribution in [3.63, 3.8) is 0 Å². The molecule has 0 unspecified atom stereocenters. The van der Waals surface area contributed by atoms with Crippen molar-refractivity contribution in [2.45, 2.75) is 19.6 Å². The van der Waals surface area contributed by atoms with Gasteiger partial charge in [-0.05, 0) is 42.8 Å². The van der Waals surface area contributed by atoms with Crippen molar-refractivity contribution in [2.24, 2.45) is 0 Å². The summed E-state index contributed by atoms with van der Waals surface area (Å²) in [5, 5.41) is 9.55. The van der Waals surface area contributed by atoms with Crippen LogP contribution in [0.1, 0.15) is 24.2 Å². The molecule has 0 aliphatic carbocycles. The largest absolute Gasteiger partial charge is 0.489 e. The van der Waals surface area contributed by atoms with E-state index < -0.39 is 23.6 Å². The quantitative estimate of drug-likeness (QED) is 0.925. The molecular formula is C15H13F3O2. The average Bonchev–Trinajstić information content (AvgIpc) is 2.36. The molecule has 106 valence electrons. The van der Waals surface area contributed by atoms with Crippen LogP contribution in [0.3, 0.4) is 0 Å². The molecule has 1 atom stereocenters. The number of hydrogen-bond donors (Lipinski definition) is 1. The predicted molar refractivity (Wildman–Crippen MR) is 67.7 cm³/mol. The molecular weight excluding hydrogens is 269 g/mol. The maximum Gasteiger partial charge on any atom is 0.126 e. The Morgan fingerprint density at radius 1 is 1.00 bits per heavy atom. The predicted octanol–water partition coefficient (Wildman–Crippen LogP) is 3.74. The molecule has 0 fully saturated rings. The molecule has 20 heavy (non-hydrogen) atoms. The molecule has 0 saturated carbocycles. The number of hydrogen-bond acceptors (Lipinski definition) is 2. The van der Waals surface area contributed by atoms with E-state index in [2.05, 4.69) is 0 Å². The van der Waals surface area contributed by atoms with E-state index in [1.54, 1.807) is 0 Å². The highest BCUT2D eigenvalue weighted by atomic mass is 19.1. The number of rotatable bonds is 4. The highest BCUT2D eigenvalue weighted by Gasteiger charge is 2.11. The maximum atomic E-state index is 13.1. The summed E-state index contributed by atoms with van der Waals surface area (Å²) in [6.45, 7) is 1.39. The fraction of sp³-hybridized carbons (Fsp3) is 0.200. The van der Waals surface area contributed by atoms with Gasteiger partial charge in [0.05, 0.1) is 6.10 Å². The number of aliphatic hydroxyl groups excluding tert-OH is 1. The van der Waals surface area contributed by atoms with Gasteiger partial charge in [-0.1, -0.05) is 0 Å². The van der Waals surface area contributed by atoms with Gasteiger partial charge >= 0.3 is 0 Å². The first-order valence-electron chi connectivity index (χ1n) is 6.01. The Balaban J connectivity index is 2.18. The van der Waals surface area contributed by atoms with Crippen molar-refractivity contribution in [1.29, 1.82) is 0 Å². The molecule has 1 N–H and O–H groups in total. The second-order valence-corrected chi connectivity index (χ2v) is 4.42. The minimum Gasteiger partial charge on any atom is -0.489 e. The van der Waals surface area contributed by atoms with Gasteiger partial charge in [-0.25, -0.2) is 13.2 Å². The second kappa shape index (κ2) is 5.96. The Hall–Kier alpha value is -2.01. The Morgan fingerprint density at radius 2 is 1.65 bits per heavy atom. The minimum atomic E-state index is -0.912. The third-order valence-corrected chi connectivity index (χ3v) is 2.74. The van der Waals surface area contributed by atoms with Crippen molar-refractivity contribution in [3.8, 4) is 5.75 Å². The van der Waals surface area contributed by atoms with Gasteiger partial charge in [0, 0.05) is 11.6 Å². The second-order valence-electron chi connectivity index (χ2n) is 4.42. The van der Waals surface area contributed by atoms with Gasteiger partial charge in [-0.3, -0.25) is 0 Å². The molecule has 0 bridgehead atoms. The lowest BCUT2D eigenvalue weighted by Crippen LogP contribution is -2.02. The smallest absolute Gasteiger partial charge is 0.126 e. The summed E-state index contributed by atoms with van der Waals surface area (Å²) in [5.41, 5.74) is 0.588. The normalized spacial score (nSPS) is 12.2. The van der Waals surface area contributed by atoms with E-state index in [1.165, 1.54) is 19.1 Å². The summed E-state index contributed by atoms with van der Waals surface area (Å²) in [6, 6.07) is 6.78. The molecule has 0 radical (unpaired) electrons. The van der Waals surface area contributed by atoms with Gasteiger partial charge in [-0.2, -0.15) is 0 Å². The summed E-state index contributed by atoms with van der Waals surface area (Å²) in [4.78, 5) is 0. The molecule has 2 aromatic carbocycles. The van der Waals surface area contributed by atoms with E-state index >= 15 is 0 Å². The molecule has 2 aromatic rings. The van der Waals surface area contributed by atoms with Crippen LogP contribution in [0.25, 0.3) is 0 Å². The van der Waals surface area contributed by atoms with E-state index in [1.807, 2.05) is 0 Å². The molecule has 0 aromatic heterocycles. The standard InChI is InChI=1S/C15H13F3O2/c1-9(19)14-7-11(16)2-3-15(14)20-8-10-4-12(17)6-13(18)5-10/h2-7,9,19H,8H2,1H3/t9-/m1/s1. The summed E-state index contributed by atoms with van der Waals surface area (Å²) in [5.74, 6) is -1.62. The van der Waals surface area contributed by atoms with Gasteiger partial charge in [-0.15, -0.1) is 0 Å². The summed E-state index contributed by atoms with van der Waals surface area (Å²) >= 11 is 0. The highest BCUT2D eigenvalue weighted by Crippen LogP contribution is 2.26. The number of halogens is 3. The van der Waals surface area contributed by atoms with E-state index in [9.17, 15) is 18.3 Å². The lowest BCUT2D eigenvalue weighted by atomic mass is 10.1. The van der Waals surface area contributed by atoms with Gasteiger partial charge in [0.25, 0.3) is 0 Å². The van der Waals surface area contributed by atoms with E-state index in [-0.39, 0.29) is 17.9 Å². The number of aliphatic hydroxyl groups is 1. The lowest BCUT2D eigenvalue weighted by molar-refractivity contribution is 0.189. The van der Waals surface area contributed by atoms with Gasteiger partial charge in [0.15, 0.2) is 0 Å². The zero-order chi connectivity index (χ0) is 14.7. The van der Waals surface area contributed by atoms with Crippen molar-refractivity contribution in [3.05, 3.63) is 65.0 Å². The van der Waals surface area contributed by atoms with Gasteiger partial charge in [0.2, 0.25) is 0 Å². The third kappa shape index (κ3) is 3.51. The molecule has 0 amide bonds. The molecule has 5 heteroatoms. The van der Waals surface area contributed by atoms with Crippen molar-refractivity contribution < 1.29 is 23.0 Å². The lowest BCUT2D eigenvalue weighted by Gasteiger charge is -2.13. The Morgan fingerprint density at radius 3 is 2.25 bits per heavy atom. The van der Waals surface area contributed by atoms with E-state index in [4.69, 9.17) is 4.74 Å². The van der Waals surface area contributed by atoms with Crippen LogP contribution in [0, 0.1) is 17.5 Å². The molecule has 0 spiro atoms. The highest BCUT2D eigenvalue weighted by molar-refractivity contribution is 5.35. The molecule has 2 nitrogen and oxygen atoms in total. The van der Waals surface area contributed by atoms with Crippen LogP contribution in [0.5, 0.6) is 5.75 Å². The summed E-state index contributed by atoms with van der Waals surface area (Å²) in [7, 11) is 0. The fourth-order valence-corrected chi connectivity index (χ4v) is 1.83. The van der Waals surface area contributed by atoms with Crippen LogP contribution in [-0.4, -0.2) is 5.11 Å². The van der Waals surface area contributed by atoms with Crippen molar-refractivity contribution in [1.82, 2.24) is 0 Å². The van der Waals surface area contributed by atoms with Crippen LogP contribution in [0.15, 0.2) is 36.4 Å². The number of ether oxygens (including phenoxy) is 1. The van der Waals surface area contributed by atoms with Crippen LogP contribution < -0.4 is 4.74 Å². The molecule has 0 saturated heterocycles. The summed E-state index contributed by atoms with van der Waals surface area (Å²) < 4.78 is 44.6. The van der Waals surface area contributed by atoms with Crippen LogP contribution in [-0.2, 0) is 6.61 Å². The first-order chi connectivity index (χ1) is 9.45. The Labute approximate surface area is 114 Å². The molecule has 0 aliphatic heterocycles. The zero-order valence-electron chi connectivity index (χ0n) is 10.7. The SMILES string of the molecule is C[C@@H](O)c1cc(F)ccc1OCc1cc(F)cc(F)c1. The molecule has 2 rings (SSSR count). The average molecular weight is 282 g/mol. The van der Waals surface area contributed by atoms with Crippen molar-refractivity contribution >= 4 is 0 Å². The summed E-state index contributed by atoms with van der Waals surface area (Å²) in [6.07, 6.45) is -0.912. The van der Waals surface area contributed by atoms with E-state index in [0.717, 1.165) is 24.3 Å². The Bertz CT molecular complexity index is 592. The first-order valence-corrected chi connectivity index (χ1v) is 6.01. The third-order valence-electron chi connectivity index (χ3n) is 2.74. The van der Waals surface area contributed by atoms with Crippen LogP contribution in [0.4, 0.5) is 13.2 Å². The maximum absolute atomic E-state index is 13.1. The van der Waals surface area contributed by atoms with E-state index in [0.29, 0.717) is 5.56 Å².